The number of rotatable bonds is 17. The standard InChI is InChI=1S/C44H50N10O12S/c1-22-29(8-10-41(55)56)35-19-36-30(9-11-42(57)66-15-13-52-28(7)46-21-40(52)54(60)61)23(2)32(48-36)18-38-44(67(62,63)64)25(4)34(50-38)17-37-43(24(3)33(49-37)16-31(22)47-35)26(5)65-14-12-51-27(6)45-20-39(51)53(58)59/h16-21,26,47-50H,8-15H2,1-7H3,(H,55,56)(H,62,63,64). The highest BCUT2D eigenvalue weighted by Gasteiger charge is 2.25. The molecule has 23 heteroatoms. The Morgan fingerprint density at radius 3 is 1.84 bits per heavy atom. The highest BCUT2D eigenvalue weighted by molar-refractivity contribution is 7.86. The van der Waals surface area contributed by atoms with Gasteiger partial charge in [0.2, 0.25) is 0 Å². The summed E-state index contributed by atoms with van der Waals surface area (Å²) in [5, 5.41) is 35.0. The molecule has 1 atom stereocenters. The van der Waals surface area contributed by atoms with Crippen molar-refractivity contribution in [1.29, 1.82) is 0 Å². The average Bonchev–Trinajstić information content (AvgIpc) is 4.07. The van der Waals surface area contributed by atoms with E-state index in [1.54, 1.807) is 39.8 Å². The van der Waals surface area contributed by atoms with Gasteiger partial charge in [0, 0.05) is 70.7 Å². The minimum absolute atomic E-state index is 0.0173. The Kier molecular flexibility index (Phi) is 13.4. The van der Waals surface area contributed by atoms with Crippen LogP contribution in [-0.2, 0) is 55.1 Å². The molecule has 354 valence electrons. The van der Waals surface area contributed by atoms with Gasteiger partial charge >= 0.3 is 23.6 Å². The largest absolute Gasteiger partial charge is 0.481 e. The van der Waals surface area contributed by atoms with Crippen molar-refractivity contribution in [3.8, 4) is 0 Å². The van der Waals surface area contributed by atoms with Gasteiger partial charge in [-0.3, -0.25) is 14.1 Å². The first-order valence-electron chi connectivity index (χ1n) is 21.2. The van der Waals surface area contributed by atoms with Crippen LogP contribution in [0.25, 0.3) is 24.3 Å². The molecule has 0 fully saturated rings. The first-order chi connectivity index (χ1) is 31.6. The Bertz CT molecular complexity index is 3340. The molecule has 7 heterocycles. The van der Waals surface area contributed by atoms with Crippen molar-refractivity contribution < 1.29 is 47.0 Å². The number of carboxylic acids is 1. The van der Waals surface area contributed by atoms with E-state index in [9.17, 15) is 47.9 Å². The maximum absolute atomic E-state index is 13.2. The summed E-state index contributed by atoms with van der Waals surface area (Å²) in [6.07, 6.45) is 8.73. The van der Waals surface area contributed by atoms with Crippen LogP contribution in [0.4, 0.5) is 11.6 Å². The van der Waals surface area contributed by atoms with Crippen LogP contribution in [0.15, 0.2) is 17.3 Å². The number of nitrogens with one attached hydrogen (secondary N) is 4. The van der Waals surface area contributed by atoms with Gasteiger partial charge in [-0.15, -0.1) is 0 Å². The topological polar surface area (TPSA) is 312 Å². The minimum Gasteiger partial charge on any atom is -0.481 e. The normalized spacial score (nSPS) is 12.8. The van der Waals surface area contributed by atoms with E-state index in [4.69, 9.17) is 9.47 Å². The van der Waals surface area contributed by atoms with Crippen molar-refractivity contribution in [3.05, 3.63) is 127 Å². The summed E-state index contributed by atoms with van der Waals surface area (Å²) < 4.78 is 51.4. The third-order valence-electron chi connectivity index (χ3n) is 12.2. The number of carboxylic acid groups (broad SMARTS) is 1. The van der Waals surface area contributed by atoms with Gasteiger partial charge in [-0.2, -0.15) is 8.42 Å². The molecule has 22 nitrogen and oxygen atoms in total. The molecule has 0 radical (unpaired) electrons. The average molecular weight is 943 g/mol. The Morgan fingerprint density at radius 1 is 0.701 bits per heavy atom. The van der Waals surface area contributed by atoms with Crippen LogP contribution < -0.4 is 21.4 Å². The monoisotopic (exact) mass is 942 g/mol. The second-order valence-electron chi connectivity index (χ2n) is 16.3. The fourth-order valence-electron chi connectivity index (χ4n) is 8.69. The van der Waals surface area contributed by atoms with E-state index in [2.05, 4.69) is 29.9 Å². The zero-order valence-electron chi connectivity index (χ0n) is 37.8. The quantitative estimate of drug-likeness (QED) is 0.0331. The maximum Gasteiger partial charge on any atom is 0.342 e. The van der Waals surface area contributed by atoms with E-state index >= 15 is 0 Å². The molecule has 6 aromatic heterocycles. The SMILES string of the molecule is Cc1c2[nH]c(c1CCC(=O)O)C=c1[nH]c(c(C)c1CCC(=O)OCCn1c([N+](=O)[O-])cnc1C)=Cc1[nH]c(c(C)c1S(=O)(=O)O)C=c1[nH]c(c(C)c1C(C)OCCn1c([N+](=O)[O-])cnc1C)=C2. The highest BCUT2D eigenvalue weighted by Crippen LogP contribution is 2.27. The van der Waals surface area contributed by atoms with Gasteiger partial charge in [0.05, 0.1) is 18.4 Å². The number of nitrogens with zero attached hydrogens (tertiary/aromatic N) is 6. The summed E-state index contributed by atoms with van der Waals surface area (Å²) in [5.41, 5.74) is 6.16. The molecule has 0 aromatic carbocycles. The third-order valence-corrected chi connectivity index (χ3v) is 13.3. The molecule has 8 bridgehead atoms. The summed E-state index contributed by atoms with van der Waals surface area (Å²) in [5.74, 6) is -1.12. The zero-order chi connectivity index (χ0) is 48.6. The molecule has 0 spiro atoms. The molecule has 1 aliphatic rings. The lowest BCUT2D eigenvalue weighted by atomic mass is 10.0. The minimum atomic E-state index is -4.82. The van der Waals surface area contributed by atoms with Crippen LogP contribution in [0.3, 0.4) is 0 Å². The predicted molar refractivity (Wildman–Crippen MR) is 242 cm³/mol. The molecule has 7 rings (SSSR count). The number of fused-ring (bicyclic) bond motifs is 8. The number of aromatic amines is 4. The van der Waals surface area contributed by atoms with Crippen LogP contribution in [0, 0.1) is 61.8 Å². The van der Waals surface area contributed by atoms with E-state index in [-0.39, 0.29) is 79.8 Å². The van der Waals surface area contributed by atoms with Gasteiger partial charge in [-0.1, -0.05) is 0 Å². The van der Waals surface area contributed by atoms with Crippen LogP contribution >= 0.6 is 0 Å². The molecule has 6 N–H and O–H groups in total. The molecule has 67 heavy (non-hydrogen) atoms. The zero-order valence-corrected chi connectivity index (χ0v) is 38.6. The van der Waals surface area contributed by atoms with Gasteiger partial charge in [0.15, 0.2) is 11.6 Å². The number of H-pyrrole nitrogens is 4. The number of aliphatic carboxylic acids is 1. The third kappa shape index (κ3) is 9.78. The Labute approximate surface area is 381 Å². The number of hydrogen-bond acceptors (Lipinski definition) is 12. The summed E-state index contributed by atoms with van der Waals surface area (Å²) in [4.78, 5) is 68.2. The van der Waals surface area contributed by atoms with E-state index in [0.717, 1.165) is 22.9 Å². The smallest absolute Gasteiger partial charge is 0.342 e. The lowest BCUT2D eigenvalue weighted by Gasteiger charge is -2.13. The maximum atomic E-state index is 13.2. The Morgan fingerprint density at radius 2 is 1.22 bits per heavy atom. The molecular formula is C44H50N10O12S. The van der Waals surface area contributed by atoms with Crippen LogP contribution in [0.5, 0.6) is 0 Å². The van der Waals surface area contributed by atoms with Crippen LogP contribution in [-0.4, -0.2) is 92.1 Å². The Hall–Kier alpha value is -7.37. The van der Waals surface area contributed by atoms with Crippen molar-refractivity contribution >= 4 is 58.0 Å². The Balaban J connectivity index is 1.34. The van der Waals surface area contributed by atoms with Gasteiger partial charge in [-0.25, -0.2) is 19.1 Å². The number of esters is 1. The van der Waals surface area contributed by atoms with E-state index < -0.39 is 38.0 Å². The highest BCUT2D eigenvalue weighted by atomic mass is 32.2. The van der Waals surface area contributed by atoms with Gasteiger partial charge < -0.3 is 54.7 Å². The molecule has 6 aromatic rings. The lowest BCUT2D eigenvalue weighted by Crippen LogP contribution is -2.17. The fourth-order valence-corrected chi connectivity index (χ4v) is 9.58. The molecule has 0 aliphatic carbocycles. The number of imidazole rings is 2. The number of ether oxygens (including phenoxy) is 2. The molecular weight excluding hydrogens is 893 g/mol. The molecule has 0 saturated carbocycles. The first kappa shape index (κ1) is 47.6. The van der Waals surface area contributed by atoms with Crippen molar-refractivity contribution in [2.45, 2.75) is 98.2 Å². The van der Waals surface area contributed by atoms with Crippen molar-refractivity contribution in [3.63, 3.8) is 0 Å². The number of carbonyl (C=O) groups is 2. The fraction of sp³-hybridized carbons (Fsp3) is 0.364. The molecule has 0 amide bonds. The summed E-state index contributed by atoms with van der Waals surface area (Å²) in [6, 6.07) is 0. The lowest BCUT2D eigenvalue weighted by molar-refractivity contribution is -0.392. The summed E-state index contributed by atoms with van der Waals surface area (Å²) in [6.45, 7) is 12.3. The van der Waals surface area contributed by atoms with Crippen molar-refractivity contribution in [1.82, 2.24) is 39.0 Å². The summed E-state index contributed by atoms with van der Waals surface area (Å²) >= 11 is 0. The predicted octanol–water partition coefficient (Wildman–Crippen LogP) is 2.91. The van der Waals surface area contributed by atoms with E-state index in [1.165, 1.54) is 15.3 Å². The summed E-state index contributed by atoms with van der Waals surface area (Å²) in [7, 11) is -4.82. The van der Waals surface area contributed by atoms with Gasteiger partial charge in [-0.05, 0) is 115 Å². The number of hydrogen-bond donors (Lipinski definition) is 6. The number of carbonyl (C=O) groups excluding carboxylic acids is 1. The van der Waals surface area contributed by atoms with Crippen molar-refractivity contribution in [2.75, 3.05) is 13.2 Å². The van der Waals surface area contributed by atoms with Crippen LogP contribution in [0.2, 0.25) is 0 Å². The van der Waals surface area contributed by atoms with E-state index in [1.807, 2.05) is 32.9 Å². The van der Waals surface area contributed by atoms with Crippen molar-refractivity contribution in [2.24, 2.45) is 0 Å². The second kappa shape index (κ2) is 18.9. The number of aryl methyl sites for hydroxylation is 2. The molecule has 1 aliphatic heterocycles. The van der Waals surface area contributed by atoms with E-state index in [0.29, 0.717) is 66.8 Å². The molecule has 1 unspecified atom stereocenters. The first-order valence-corrected chi connectivity index (χ1v) is 22.6. The van der Waals surface area contributed by atoms with Gasteiger partial charge in [0.1, 0.15) is 37.0 Å². The van der Waals surface area contributed by atoms with Crippen LogP contribution in [0.1, 0.15) is 99.2 Å². The second-order valence-corrected chi connectivity index (χ2v) is 17.7. The number of nitro groups is 2. The molecule has 0 saturated heterocycles. The number of aromatic nitrogens is 8. The van der Waals surface area contributed by atoms with Gasteiger partial charge in [0.25, 0.3) is 10.1 Å².